The quantitative estimate of drug-likeness (QED) is 0.439. The molecule has 12 heteroatoms. The molecule has 36 heavy (non-hydrogen) atoms. The van der Waals surface area contributed by atoms with E-state index in [4.69, 9.17) is 9.82 Å². The van der Waals surface area contributed by atoms with Crippen LogP contribution in [0.5, 0.6) is 0 Å². The van der Waals surface area contributed by atoms with Gasteiger partial charge in [-0.1, -0.05) is 23.4 Å². The molecule has 190 valence electrons. The summed E-state index contributed by atoms with van der Waals surface area (Å²) >= 11 is 1.52. The number of carbonyl (C=O) groups excluding carboxylic acids is 1. The number of piperidine rings is 1. The first-order valence-corrected chi connectivity index (χ1v) is 12.4. The van der Waals surface area contributed by atoms with Crippen LogP contribution in [0.15, 0.2) is 40.9 Å². The van der Waals surface area contributed by atoms with Gasteiger partial charge < -0.3 is 9.74 Å². The van der Waals surface area contributed by atoms with Gasteiger partial charge in [-0.25, -0.2) is 9.37 Å². The Morgan fingerprint density at radius 2 is 1.97 bits per heavy atom. The van der Waals surface area contributed by atoms with Crippen LogP contribution in [0.3, 0.4) is 0 Å². The minimum Gasteiger partial charge on any atom is -0.387 e. The number of hydrogen-bond acceptors (Lipinski definition) is 6. The average Bonchev–Trinajstić information content (AvgIpc) is 3.59. The third-order valence-corrected chi connectivity index (χ3v) is 7.50. The monoisotopic (exact) mass is 521 g/mol. The highest BCUT2D eigenvalue weighted by atomic mass is 32.1. The second-order valence-corrected chi connectivity index (χ2v) is 9.80. The van der Waals surface area contributed by atoms with E-state index in [1.807, 2.05) is 5.38 Å². The van der Waals surface area contributed by atoms with Gasteiger partial charge in [0.05, 0.1) is 10.7 Å². The van der Waals surface area contributed by atoms with Crippen LogP contribution in [0.4, 0.5) is 17.6 Å². The average molecular weight is 522 g/mol. The summed E-state index contributed by atoms with van der Waals surface area (Å²) in [5, 5.41) is 10.5. The third-order valence-electron chi connectivity index (χ3n) is 6.49. The van der Waals surface area contributed by atoms with Crippen LogP contribution in [0.1, 0.15) is 58.9 Å². The van der Waals surface area contributed by atoms with Gasteiger partial charge in [-0.2, -0.15) is 18.3 Å². The molecule has 1 amide bonds. The molecule has 0 saturated carbocycles. The summed E-state index contributed by atoms with van der Waals surface area (Å²) in [4.78, 5) is 24.5. The zero-order chi connectivity index (χ0) is 25.4. The number of amides is 1. The van der Waals surface area contributed by atoms with Crippen LogP contribution in [0.25, 0.3) is 0 Å². The number of aromatic nitrogens is 3. The lowest BCUT2D eigenvalue weighted by atomic mass is 9.97. The van der Waals surface area contributed by atoms with E-state index >= 15 is 0 Å². The number of halogens is 4. The van der Waals surface area contributed by atoms with Gasteiger partial charge in [0, 0.05) is 42.1 Å². The van der Waals surface area contributed by atoms with Crippen molar-refractivity contribution >= 4 is 23.0 Å². The predicted molar refractivity (Wildman–Crippen MR) is 124 cm³/mol. The summed E-state index contributed by atoms with van der Waals surface area (Å²) in [6.07, 6.45) is -3.19. The van der Waals surface area contributed by atoms with E-state index in [-0.39, 0.29) is 29.9 Å². The van der Waals surface area contributed by atoms with Crippen molar-refractivity contribution in [2.45, 2.75) is 50.9 Å². The third kappa shape index (κ3) is 4.99. The Labute approximate surface area is 208 Å². The molecule has 4 heterocycles. The van der Waals surface area contributed by atoms with Gasteiger partial charge in [0.25, 0.3) is 0 Å². The minimum absolute atomic E-state index is 0.168. The molecule has 2 aromatic heterocycles. The maximum atomic E-state index is 14.1. The number of thiazole rings is 1. The SMILES string of the molecule is Cc1cc(C(F)(F)F)nn1CC(=O)N1CCC(c2nc(C3=NOC(c4ccccc4F)C3)cs2)CC1. The molecule has 1 aromatic carbocycles. The van der Waals surface area contributed by atoms with Crippen LogP contribution in [0.2, 0.25) is 0 Å². The molecular formula is C24H23F4N5O2S. The standard InChI is InChI=1S/C24H23F4N5O2S/c1-14-10-21(24(26,27)28)30-33(14)12-22(34)32-8-6-15(7-9-32)23-29-19(13-36-23)18-11-20(35-31-18)16-4-2-3-5-17(16)25/h2-5,10,13,15,20H,6-9,11-12H2,1H3. The van der Waals surface area contributed by atoms with Gasteiger partial charge >= 0.3 is 6.18 Å². The minimum atomic E-state index is -4.54. The highest BCUT2D eigenvalue weighted by molar-refractivity contribution is 7.10. The smallest absolute Gasteiger partial charge is 0.387 e. The van der Waals surface area contributed by atoms with E-state index in [0.29, 0.717) is 49.3 Å². The van der Waals surface area contributed by atoms with Gasteiger partial charge in [0.1, 0.15) is 18.1 Å². The van der Waals surface area contributed by atoms with Crippen molar-refractivity contribution in [3.63, 3.8) is 0 Å². The maximum Gasteiger partial charge on any atom is 0.435 e. The number of hydrogen-bond donors (Lipinski definition) is 0. The number of nitrogens with zero attached hydrogens (tertiary/aromatic N) is 5. The number of rotatable bonds is 5. The zero-order valence-corrected chi connectivity index (χ0v) is 20.2. The summed E-state index contributed by atoms with van der Waals surface area (Å²) in [6, 6.07) is 7.41. The fourth-order valence-electron chi connectivity index (χ4n) is 4.45. The van der Waals surface area contributed by atoms with Crippen molar-refractivity contribution in [2.75, 3.05) is 13.1 Å². The van der Waals surface area contributed by atoms with E-state index in [1.54, 1.807) is 23.1 Å². The van der Waals surface area contributed by atoms with E-state index < -0.39 is 18.0 Å². The van der Waals surface area contributed by atoms with Gasteiger partial charge in [-0.3, -0.25) is 9.48 Å². The Morgan fingerprint density at radius 3 is 2.67 bits per heavy atom. The Balaban J connectivity index is 1.16. The predicted octanol–water partition coefficient (Wildman–Crippen LogP) is 5.08. The Morgan fingerprint density at radius 1 is 1.22 bits per heavy atom. The Kier molecular flexibility index (Phi) is 6.54. The molecule has 1 saturated heterocycles. The van der Waals surface area contributed by atoms with E-state index in [1.165, 1.54) is 24.3 Å². The molecule has 5 rings (SSSR count). The Hall–Kier alpha value is -3.28. The summed E-state index contributed by atoms with van der Waals surface area (Å²) < 4.78 is 53.8. The molecule has 0 radical (unpaired) electrons. The van der Waals surface area contributed by atoms with Crippen molar-refractivity contribution < 1.29 is 27.2 Å². The maximum absolute atomic E-state index is 14.1. The number of aryl methyl sites for hydroxylation is 1. The first-order chi connectivity index (χ1) is 17.2. The van der Waals surface area contributed by atoms with Crippen molar-refractivity contribution in [3.05, 3.63) is 69.2 Å². The number of alkyl halides is 3. The van der Waals surface area contributed by atoms with Crippen LogP contribution in [-0.4, -0.2) is 44.4 Å². The lowest BCUT2D eigenvalue weighted by molar-refractivity contribution is -0.142. The molecule has 3 aromatic rings. The van der Waals surface area contributed by atoms with Crippen LogP contribution >= 0.6 is 11.3 Å². The largest absolute Gasteiger partial charge is 0.435 e. The van der Waals surface area contributed by atoms with Crippen LogP contribution < -0.4 is 0 Å². The summed E-state index contributed by atoms with van der Waals surface area (Å²) in [5.74, 6) is -0.422. The lowest BCUT2D eigenvalue weighted by Gasteiger charge is -2.31. The fraction of sp³-hybridized carbons (Fsp3) is 0.417. The number of oxime groups is 1. The first-order valence-electron chi connectivity index (χ1n) is 11.5. The lowest BCUT2D eigenvalue weighted by Crippen LogP contribution is -2.40. The number of likely N-dealkylation sites (tertiary alicyclic amines) is 1. The van der Waals surface area contributed by atoms with Gasteiger partial charge in [-0.05, 0) is 31.9 Å². The Bertz CT molecular complexity index is 1290. The van der Waals surface area contributed by atoms with Crippen molar-refractivity contribution in [2.24, 2.45) is 5.16 Å². The highest BCUT2D eigenvalue weighted by Crippen LogP contribution is 2.34. The zero-order valence-electron chi connectivity index (χ0n) is 19.3. The second kappa shape index (κ2) is 9.64. The van der Waals surface area contributed by atoms with Crippen LogP contribution in [0, 0.1) is 12.7 Å². The summed E-state index contributed by atoms with van der Waals surface area (Å²) in [6.45, 7) is 2.26. The molecule has 0 N–H and O–H groups in total. The normalized spacial score (nSPS) is 18.9. The molecule has 0 spiro atoms. The van der Waals surface area contributed by atoms with Gasteiger partial charge in [0.15, 0.2) is 11.8 Å². The molecule has 1 fully saturated rings. The molecule has 0 bridgehead atoms. The van der Waals surface area contributed by atoms with Gasteiger partial charge in [-0.15, -0.1) is 11.3 Å². The van der Waals surface area contributed by atoms with Crippen molar-refractivity contribution in [3.8, 4) is 0 Å². The molecular weight excluding hydrogens is 498 g/mol. The fourth-order valence-corrected chi connectivity index (χ4v) is 5.45. The molecule has 2 aliphatic rings. The first kappa shape index (κ1) is 24.4. The topological polar surface area (TPSA) is 72.6 Å². The van der Waals surface area contributed by atoms with E-state index in [2.05, 4.69) is 10.3 Å². The summed E-state index contributed by atoms with van der Waals surface area (Å²) in [7, 11) is 0. The highest BCUT2D eigenvalue weighted by Gasteiger charge is 2.35. The molecule has 7 nitrogen and oxygen atoms in total. The molecule has 2 aliphatic heterocycles. The van der Waals surface area contributed by atoms with Crippen molar-refractivity contribution in [1.82, 2.24) is 19.7 Å². The van der Waals surface area contributed by atoms with Crippen molar-refractivity contribution in [1.29, 1.82) is 0 Å². The van der Waals surface area contributed by atoms with E-state index in [9.17, 15) is 22.4 Å². The number of carbonyl (C=O) groups is 1. The van der Waals surface area contributed by atoms with Crippen LogP contribution in [-0.2, 0) is 22.4 Å². The van der Waals surface area contributed by atoms with Gasteiger partial charge in [0.2, 0.25) is 5.91 Å². The molecule has 0 aliphatic carbocycles. The molecule has 1 atom stereocenters. The number of benzene rings is 1. The summed E-state index contributed by atoms with van der Waals surface area (Å²) in [5.41, 5.74) is 1.14. The molecule has 1 unspecified atom stereocenters. The second-order valence-electron chi connectivity index (χ2n) is 8.91. The van der Waals surface area contributed by atoms with E-state index in [0.717, 1.165) is 15.8 Å².